The lowest BCUT2D eigenvalue weighted by Crippen LogP contribution is -2.39. The second kappa shape index (κ2) is 11.4. The topological polar surface area (TPSA) is 96.5 Å². The molecular weight excluding hydrogens is 370 g/mol. The highest BCUT2D eigenvalue weighted by Crippen LogP contribution is 2.22. The van der Waals surface area contributed by atoms with E-state index in [1.807, 2.05) is 13.8 Å². The van der Waals surface area contributed by atoms with Crippen LogP contribution in [-0.2, 0) is 16.1 Å². The summed E-state index contributed by atoms with van der Waals surface area (Å²) in [5.41, 5.74) is 1.23. The molecule has 160 valence electrons. The van der Waals surface area contributed by atoms with Crippen LogP contribution in [0.1, 0.15) is 68.8 Å². The van der Waals surface area contributed by atoms with Crippen molar-refractivity contribution in [2.45, 2.75) is 71.6 Å². The Hall–Kier alpha value is -2.57. The zero-order valence-electron chi connectivity index (χ0n) is 17.6. The zero-order chi connectivity index (χ0) is 21.2. The third-order valence-electron chi connectivity index (χ3n) is 5.01. The second-order valence-corrected chi connectivity index (χ2v) is 7.98. The van der Waals surface area contributed by atoms with Gasteiger partial charge in [-0.3, -0.25) is 4.79 Å². The Bertz CT molecular complexity index is 682. The van der Waals surface area contributed by atoms with E-state index in [1.54, 1.807) is 31.2 Å². The summed E-state index contributed by atoms with van der Waals surface area (Å²) in [5.74, 6) is -0.275. The maximum Gasteiger partial charge on any atom is 0.338 e. The molecule has 0 spiro atoms. The minimum atomic E-state index is -0.841. The highest BCUT2D eigenvalue weighted by molar-refractivity contribution is 5.92. The molecule has 0 unspecified atom stereocenters. The molecule has 1 aromatic carbocycles. The van der Waals surface area contributed by atoms with Gasteiger partial charge in [0.2, 0.25) is 0 Å². The fraction of sp³-hybridized carbons (Fsp3) is 0.591. The van der Waals surface area contributed by atoms with Crippen molar-refractivity contribution in [3.8, 4) is 0 Å². The molecular formula is C22H33N3O4. The van der Waals surface area contributed by atoms with Crippen LogP contribution >= 0.6 is 0 Å². The molecule has 3 amide bonds. The van der Waals surface area contributed by atoms with E-state index in [2.05, 4.69) is 16.0 Å². The van der Waals surface area contributed by atoms with Gasteiger partial charge in [-0.05, 0) is 57.2 Å². The lowest BCUT2D eigenvalue weighted by molar-refractivity contribution is -0.129. The number of rotatable bonds is 8. The maximum atomic E-state index is 12.3. The summed E-state index contributed by atoms with van der Waals surface area (Å²) >= 11 is 0. The third kappa shape index (κ3) is 8.13. The molecule has 0 radical (unpaired) electrons. The number of benzene rings is 1. The lowest BCUT2D eigenvalue weighted by Gasteiger charge is -2.22. The van der Waals surface area contributed by atoms with E-state index in [4.69, 9.17) is 4.74 Å². The molecule has 7 heteroatoms. The number of carbonyl (C=O) groups is 3. The molecule has 29 heavy (non-hydrogen) atoms. The third-order valence-corrected chi connectivity index (χ3v) is 5.01. The number of hydrogen-bond donors (Lipinski definition) is 3. The van der Waals surface area contributed by atoms with E-state index in [0.29, 0.717) is 24.6 Å². The van der Waals surface area contributed by atoms with E-state index < -0.39 is 12.1 Å². The number of hydrogen-bond acceptors (Lipinski definition) is 4. The van der Waals surface area contributed by atoms with Crippen molar-refractivity contribution in [1.29, 1.82) is 0 Å². The molecule has 1 aliphatic carbocycles. The number of esters is 1. The number of amides is 3. The van der Waals surface area contributed by atoms with Gasteiger partial charge in [-0.2, -0.15) is 0 Å². The van der Waals surface area contributed by atoms with Crippen molar-refractivity contribution in [3.63, 3.8) is 0 Å². The highest BCUT2D eigenvalue weighted by atomic mass is 16.5. The lowest BCUT2D eigenvalue weighted by atomic mass is 9.89. The summed E-state index contributed by atoms with van der Waals surface area (Å²) in [4.78, 5) is 36.1. The Kier molecular flexibility index (Phi) is 8.96. The minimum absolute atomic E-state index is 0.0639. The molecule has 1 fully saturated rings. The summed E-state index contributed by atoms with van der Waals surface area (Å²) in [6.45, 7) is 6.36. The van der Waals surface area contributed by atoms with Crippen molar-refractivity contribution in [1.82, 2.24) is 16.0 Å². The van der Waals surface area contributed by atoms with Crippen LogP contribution in [0.25, 0.3) is 0 Å². The summed E-state index contributed by atoms with van der Waals surface area (Å²) in [6, 6.07) is 6.59. The number of urea groups is 1. The Morgan fingerprint density at radius 3 is 2.28 bits per heavy atom. The first-order valence-electron chi connectivity index (χ1n) is 10.5. The van der Waals surface area contributed by atoms with Crippen molar-refractivity contribution >= 4 is 17.9 Å². The maximum absolute atomic E-state index is 12.3. The van der Waals surface area contributed by atoms with E-state index in [9.17, 15) is 14.4 Å². The van der Waals surface area contributed by atoms with E-state index in [1.165, 1.54) is 19.3 Å². The summed E-state index contributed by atoms with van der Waals surface area (Å²) in [5, 5.41) is 8.39. The summed E-state index contributed by atoms with van der Waals surface area (Å²) in [7, 11) is 0. The van der Waals surface area contributed by atoms with Crippen molar-refractivity contribution in [2.24, 2.45) is 5.92 Å². The van der Waals surface area contributed by atoms with Gasteiger partial charge in [-0.15, -0.1) is 0 Å². The SMILES string of the molecule is CC(C)NC(=O)NCc1ccc(C(=O)O[C@H](C)C(=O)NCC2CCCCC2)cc1. The van der Waals surface area contributed by atoms with Gasteiger partial charge in [0.25, 0.3) is 5.91 Å². The first kappa shape index (κ1) is 22.7. The molecule has 0 aromatic heterocycles. The fourth-order valence-corrected chi connectivity index (χ4v) is 3.32. The molecule has 0 aliphatic heterocycles. The number of carbonyl (C=O) groups excluding carboxylic acids is 3. The van der Waals surface area contributed by atoms with Gasteiger partial charge >= 0.3 is 12.0 Å². The Morgan fingerprint density at radius 1 is 1.00 bits per heavy atom. The van der Waals surface area contributed by atoms with Gasteiger partial charge in [-0.1, -0.05) is 31.4 Å². The average Bonchev–Trinajstić information content (AvgIpc) is 2.71. The van der Waals surface area contributed by atoms with Gasteiger partial charge in [0.05, 0.1) is 5.56 Å². The van der Waals surface area contributed by atoms with Crippen LogP contribution in [0.3, 0.4) is 0 Å². The molecule has 1 aliphatic rings. The van der Waals surface area contributed by atoms with Crippen LogP contribution in [-0.4, -0.2) is 36.6 Å². The summed E-state index contributed by atoms with van der Waals surface area (Å²) < 4.78 is 5.29. The van der Waals surface area contributed by atoms with Crippen molar-refractivity contribution < 1.29 is 19.1 Å². The first-order chi connectivity index (χ1) is 13.8. The molecule has 3 N–H and O–H groups in total. The number of ether oxygens (including phenoxy) is 1. The molecule has 0 bridgehead atoms. The fourth-order valence-electron chi connectivity index (χ4n) is 3.32. The second-order valence-electron chi connectivity index (χ2n) is 7.98. The molecule has 0 saturated heterocycles. The summed E-state index contributed by atoms with van der Waals surface area (Å²) in [6.07, 6.45) is 5.17. The first-order valence-corrected chi connectivity index (χ1v) is 10.5. The predicted octanol–water partition coefficient (Wildman–Crippen LogP) is 3.14. The largest absolute Gasteiger partial charge is 0.449 e. The zero-order valence-corrected chi connectivity index (χ0v) is 17.6. The molecule has 1 aromatic rings. The van der Waals surface area contributed by atoms with Gasteiger partial charge in [0.15, 0.2) is 6.10 Å². The Labute approximate surface area is 173 Å². The standard InChI is InChI=1S/C22H33N3O4/c1-15(2)25-22(28)24-14-18-9-11-19(12-10-18)21(27)29-16(3)20(26)23-13-17-7-5-4-6-8-17/h9-12,15-17H,4-8,13-14H2,1-3H3,(H,23,26)(H2,24,25,28)/t16-/m1/s1. The van der Waals surface area contributed by atoms with Gasteiger partial charge in [0, 0.05) is 19.1 Å². The molecule has 0 heterocycles. The normalized spacial score (nSPS) is 15.4. The van der Waals surface area contributed by atoms with Crippen LogP contribution in [0, 0.1) is 5.92 Å². The van der Waals surface area contributed by atoms with Gasteiger partial charge in [-0.25, -0.2) is 9.59 Å². The van der Waals surface area contributed by atoms with Crippen LogP contribution in [0.15, 0.2) is 24.3 Å². The minimum Gasteiger partial charge on any atom is -0.449 e. The molecule has 7 nitrogen and oxygen atoms in total. The highest BCUT2D eigenvalue weighted by Gasteiger charge is 2.21. The van der Waals surface area contributed by atoms with Crippen molar-refractivity contribution in [3.05, 3.63) is 35.4 Å². The molecule has 1 atom stereocenters. The number of nitrogens with one attached hydrogen (secondary N) is 3. The molecule has 1 saturated carbocycles. The van der Waals surface area contributed by atoms with Crippen molar-refractivity contribution in [2.75, 3.05) is 6.54 Å². The van der Waals surface area contributed by atoms with Gasteiger partial charge in [0.1, 0.15) is 0 Å². The van der Waals surface area contributed by atoms with Crippen LogP contribution in [0.4, 0.5) is 4.79 Å². The average molecular weight is 404 g/mol. The Balaban J connectivity index is 1.75. The van der Waals surface area contributed by atoms with Crippen LogP contribution in [0.5, 0.6) is 0 Å². The van der Waals surface area contributed by atoms with E-state index in [0.717, 1.165) is 18.4 Å². The van der Waals surface area contributed by atoms with E-state index >= 15 is 0 Å². The van der Waals surface area contributed by atoms with Crippen LogP contribution in [0.2, 0.25) is 0 Å². The van der Waals surface area contributed by atoms with E-state index in [-0.39, 0.29) is 18.0 Å². The Morgan fingerprint density at radius 2 is 1.66 bits per heavy atom. The quantitative estimate of drug-likeness (QED) is 0.581. The smallest absolute Gasteiger partial charge is 0.338 e. The van der Waals surface area contributed by atoms with Gasteiger partial charge < -0.3 is 20.7 Å². The van der Waals surface area contributed by atoms with Crippen LogP contribution < -0.4 is 16.0 Å². The predicted molar refractivity (Wildman–Crippen MR) is 111 cm³/mol. The molecule has 2 rings (SSSR count). The monoisotopic (exact) mass is 403 g/mol.